The van der Waals surface area contributed by atoms with Crippen LogP contribution in [0.5, 0.6) is 0 Å². The molecule has 0 radical (unpaired) electrons. The highest BCUT2D eigenvalue weighted by atomic mass is 35.5. The maximum Gasteiger partial charge on any atom is 0.262 e. The molecule has 5 nitrogen and oxygen atoms in total. The Hall–Kier alpha value is -2.44. The lowest BCUT2D eigenvalue weighted by molar-refractivity contribution is 0.0974. The maximum absolute atomic E-state index is 13.0. The van der Waals surface area contributed by atoms with Crippen LogP contribution in [0.25, 0.3) is 0 Å². The summed E-state index contributed by atoms with van der Waals surface area (Å²) in [5.41, 5.74) is 2.87. The third kappa shape index (κ3) is 2.46. The topological polar surface area (TPSA) is 58.1 Å². The number of nitrogens with zero attached hydrogens (tertiary/aromatic N) is 3. The average Bonchev–Trinajstić information content (AvgIpc) is 3.10. The van der Waals surface area contributed by atoms with Crippen molar-refractivity contribution in [2.75, 3.05) is 10.2 Å². The van der Waals surface area contributed by atoms with E-state index in [9.17, 15) is 4.79 Å². The van der Waals surface area contributed by atoms with Gasteiger partial charge in [0.15, 0.2) is 6.17 Å². The van der Waals surface area contributed by atoms with E-state index >= 15 is 0 Å². The normalized spacial score (nSPS) is 16.8. The van der Waals surface area contributed by atoms with Crippen LogP contribution in [0.1, 0.15) is 22.2 Å². The van der Waals surface area contributed by atoms with Gasteiger partial charge in [0.05, 0.1) is 5.56 Å². The highest BCUT2D eigenvalue weighted by Crippen LogP contribution is 2.36. The van der Waals surface area contributed by atoms with E-state index in [0.717, 1.165) is 11.4 Å². The van der Waals surface area contributed by atoms with Crippen molar-refractivity contribution in [1.82, 2.24) is 9.59 Å². The number of carbonyl (C=O) groups excluding carboxylic acids is 1. The van der Waals surface area contributed by atoms with Gasteiger partial charge in [0.1, 0.15) is 5.69 Å². The third-order valence-electron chi connectivity index (χ3n) is 3.69. The zero-order chi connectivity index (χ0) is 15.8. The van der Waals surface area contributed by atoms with Crippen LogP contribution in [0.3, 0.4) is 0 Å². The van der Waals surface area contributed by atoms with Gasteiger partial charge < -0.3 is 5.32 Å². The van der Waals surface area contributed by atoms with Gasteiger partial charge in [0, 0.05) is 21.8 Å². The summed E-state index contributed by atoms with van der Waals surface area (Å²) in [6.07, 6.45) is -0.405. The summed E-state index contributed by atoms with van der Waals surface area (Å²) >= 11 is 7.22. The molecular weight excluding hydrogens is 332 g/mol. The van der Waals surface area contributed by atoms with Crippen LogP contribution in [-0.4, -0.2) is 15.5 Å². The standard InChI is InChI=1S/C16H11ClN4OS/c17-10-5-7-11(8-6-10)21-15(14-9-23-20-19-14)18-13-4-2-1-3-12(13)16(21)22/h1-9,15,18H/t15-/m1/s1. The minimum absolute atomic E-state index is 0.0836. The molecule has 0 fully saturated rings. The molecule has 1 aliphatic heterocycles. The molecule has 0 saturated carbocycles. The molecule has 0 unspecified atom stereocenters. The fourth-order valence-corrected chi connectivity index (χ4v) is 3.22. The molecule has 1 amide bonds. The molecule has 2 aromatic carbocycles. The molecule has 0 aliphatic carbocycles. The van der Waals surface area contributed by atoms with Crippen molar-refractivity contribution in [3.8, 4) is 0 Å². The van der Waals surface area contributed by atoms with Crippen molar-refractivity contribution in [1.29, 1.82) is 0 Å². The SMILES string of the molecule is O=C1c2ccccc2N[C@@H](c2csnn2)N1c1ccc(Cl)cc1. The largest absolute Gasteiger partial charge is 0.359 e. The van der Waals surface area contributed by atoms with Gasteiger partial charge in [0.25, 0.3) is 5.91 Å². The molecular formula is C16H11ClN4OS. The number of halogens is 1. The van der Waals surface area contributed by atoms with Gasteiger partial charge in [-0.15, -0.1) is 5.10 Å². The minimum atomic E-state index is -0.405. The average molecular weight is 343 g/mol. The Morgan fingerprint density at radius 2 is 1.91 bits per heavy atom. The fourth-order valence-electron chi connectivity index (χ4n) is 2.62. The Bertz CT molecular complexity index is 851. The van der Waals surface area contributed by atoms with Gasteiger partial charge in [-0.25, -0.2) is 0 Å². The van der Waals surface area contributed by atoms with Crippen LogP contribution in [0, 0.1) is 0 Å². The number of benzene rings is 2. The summed E-state index contributed by atoms with van der Waals surface area (Å²) in [5, 5.41) is 9.95. The van der Waals surface area contributed by atoms with E-state index < -0.39 is 6.17 Å². The van der Waals surface area contributed by atoms with E-state index in [1.54, 1.807) is 17.0 Å². The Labute approximate surface area is 141 Å². The molecule has 1 aliphatic rings. The number of aromatic nitrogens is 2. The second kappa shape index (κ2) is 5.64. The fraction of sp³-hybridized carbons (Fsp3) is 0.0625. The zero-order valence-electron chi connectivity index (χ0n) is 11.8. The van der Waals surface area contributed by atoms with Crippen molar-refractivity contribution in [2.45, 2.75) is 6.17 Å². The van der Waals surface area contributed by atoms with E-state index in [1.807, 2.05) is 41.8 Å². The number of carbonyl (C=O) groups is 1. The van der Waals surface area contributed by atoms with E-state index in [1.165, 1.54) is 11.5 Å². The lowest BCUT2D eigenvalue weighted by Gasteiger charge is -2.36. The summed E-state index contributed by atoms with van der Waals surface area (Å²) in [6, 6.07) is 14.6. The van der Waals surface area contributed by atoms with E-state index in [2.05, 4.69) is 14.9 Å². The van der Waals surface area contributed by atoms with Crippen LogP contribution in [-0.2, 0) is 0 Å². The predicted molar refractivity (Wildman–Crippen MR) is 91.0 cm³/mol. The number of anilines is 2. The lowest BCUT2D eigenvalue weighted by atomic mass is 10.1. The number of rotatable bonds is 2. The van der Waals surface area contributed by atoms with E-state index in [4.69, 9.17) is 11.6 Å². The highest BCUT2D eigenvalue weighted by Gasteiger charge is 2.35. The Balaban J connectivity index is 1.85. The number of hydrogen-bond donors (Lipinski definition) is 1. The molecule has 23 heavy (non-hydrogen) atoms. The summed E-state index contributed by atoms with van der Waals surface area (Å²) in [7, 11) is 0. The zero-order valence-corrected chi connectivity index (χ0v) is 13.4. The number of hydrogen-bond acceptors (Lipinski definition) is 5. The first-order valence-electron chi connectivity index (χ1n) is 6.96. The second-order valence-electron chi connectivity index (χ2n) is 5.07. The maximum atomic E-state index is 13.0. The van der Waals surface area contributed by atoms with Crippen molar-refractivity contribution < 1.29 is 4.79 Å². The minimum Gasteiger partial charge on any atom is -0.359 e. The van der Waals surface area contributed by atoms with Crippen molar-refractivity contribution in [2.24, 2.45) is 0 Å². The van der Waals surface area contributed by atoms with Crippen LogP contribution >= 0.6 is 23.1 Å². The van der Waals surface area contributed by atoms with Crippen LogP contribution in [0.2, 0.25) is 5.02 Å². The number of amides is 1. The molecule has 1 aromatic heterocycles. The smallest absolute Gasteiger partial charge is 0.262 e. The summed E-state index contributed by atoms with van der Waals surface area (Å²) in [4.78, 5) is 14.7. The Kier molecular flexibility index (Phi) is 3.48. The van der Waals surface area contributed by atoms with Gasteiger partial charge in [-0.2, -0.15) is 0 Å². The first kappa shape index (κ1) is 14.2. The second-order valence-corrected chi connectivity index (χ2v) is 6.12. The summed E-state index contributed by atoms with van der Waals surface area (Å²) < 4.78 is 3.91. The van der Waals surface area contributed by atoms with Gasteiger partial charge in [-0.1, -0.05) is 28.2 Å². The molecule has 2 heterocycles. The molecule has 114 valence electrons. The van der Waals surface area contributed by atoms with Gasteiger partial charge in [-0.3, -0.25) is 9.69 Å². The Morgan fingerprint density at radius 1 is 1.13 bits per heavy atom. The van der Waals surface area contributed by atoms with Crippen molar-refractivity contribution in [3.63, 3.8) is 0 Å². The number of nitrogens with one attached hydrogen (secondary N) is 1. The molecule has 7 heteroatoms. The first-order chi connectivity index (χ1) is 11.2. The molecule has 3 aromatic rings. The van der Waals surface area contributed by atoms with Crippen molar-refractivity contribution >= 4 is 40.4 Å². The lowest BCUT2D eigenvalue weighted by Crippen LogP contribution is -2.43. The Morgan fingerprint density at radius 3 is 2.65 bits per heavy atom. The molecule has 4 rings (SSSR count). The van der Waals surface area contributed by atoms with Gasteiger partial charge in [-0.05, 0) is 47.9 Å². The number of fused-ring (bicyclic) bond motifs is 1. The molecule has 0 bridgehead atoms. The highest BCUT2D eigenvalue weighted by molar-refractivity contribution is 7.03. The molecule has 0 saturated heterocycles. The monoisotopic (exact) mass is 342 g/mol. The van der Waals surface area contributed by atoms with Crippen LogP contribution in [0.4, 0.5) is 11.4 Å². The van der Waals surface area contributed by atoms with E-state index in [-0.39, 0.29) is 5.91 Å². The quantitative estimate of drug-likeness (QED) is 0.765. The van der Waals surface area contributed by atoms with Gasteiger partial charge in [0.2, 0.25) is 0 Å². The summed E-state index contributed by atoms with van der Waals surface area (Å²) in [5.74, 6) is -0.0836. The number of para-hydroxylation sites is 1. The van der Waals surface area contributed by atoms with Gasteiger partial charge >= 0.3 is 0 Å². The molecule has 1 atom stereocenters. The summed E-state index contributed by atoms with van der Waals surface area (Å²) in [6.45, 7) is 0. The first-order valence-corrected chi connectivity index (χ1v) is 8.17. The molecule has 1 N–H and O–H groups in total. The third-order valence-corrected chi connectivity index (χ3v) is 4.46. The predicted octanol–water partition coefficient (Wildman–Crippen LogP) is 3.96. The van der Waals surface area contributed by atoms with Crippen LogP contribution < -0.4 is 10.2 Å². The van der Waals surface area contributed by atoms with Crippen molar-refractivity contribution in [3.05, 3.63) is 70.2 Å². The van der Waals surface area contributed by atoms with E-state index in [0.29, 0.717) is 16.3 Å². The van der Waals surface area contributed by atoms with Crippen LogP contribution in [0.15, 0.2) is 53.9 Å². The molecule has 0 spiro atoms.